The van der Waals surface area contributed by atoms with Gasteiger partial charge in [0.05, 0.1) is 6.61 Å². The Morgan fingerprint density at radius 3 is 2.57 bits per heavy atom. The SMILES string of the molecule is CCOC(=O)c1c(OCC(=O)c2ccccc2)csc1C. The van der Waals surface area contributed by atoms with Crippen LogP contribution >= 0.6 is 11.3 Å². The van der Waals surface area contributed by atoms with Gasteiger partial charge < -0.3 is 9.47 Å². The van der Waals surface area contributed by atoms with Crippen LogP contribution in [0.3, 0.4) is 0 Å². The number of ether oxygens (including phenoxy) is 2. The fourth-order valence-electron chi connectivity index (χ4n) is 1.84. The van der Waals surface area contributed by atoms with Gasteiger partial charge in [-0.2, -0.15) is 0 Å². The van der Waals surface area contributed by atoms with E-state index in [2.05, 4.69) is 0 Å². The Hall–Kier alpha value is -2.14. The van der Waals surface area contributed by atoms with Crippen LogP contribution in [-0.2, 0) is 4.74 Å². The lowest BCUT2D eigenvalue weighted by Crippen LogP contribution is -2.13. The molecule has 2 rings (SSSR count). The standard InChI is InChI=1S/C16H16O4S/c1-3-19-16(18)15-11(2)21-10-14(15)20-9-13(17)12-7-5-4-6-8-12/h4-8,10H,3,9H2,1-2H3. The highest BCUT2D eigenvalue weighted by Crippen LogP contribution is 2.29. The molecule has 0 fully saturated rings. The van der Waals surface area contributed by atoms with Crippen molar-refractivity contribution >= 4 is 23.1 Å². The van der Waals surface area contributed by atoms with Crippen molar-refractivity contribution < 1.29 is 19.1 Å². The number of carbonyl (C=O) groups excluding carboxylic acids is 2. The van der Waals surface area contributed by atoms with Crippen molar-refractivity contribution in [2.24, 2.45) is 0 Å². The third kappa shape index (κ3) is 3.70. The molecule has 0 aliphatic rings. The first-order chi connectivity index (χ1) is 10.1. The number of aryl methyl sites for hydroxylation is 1. The van der Waals surface area contributed by atoms with E-state index in [0.29, 0.717) is 23.5 Å². The Balaban J connectivity index is 2.07. The molecule has 1 heterocycles. The number of rotatable bonds is 6. The fraction of sp³-hybridized carbons (Fsp3) is 0.250. The van der Waals surface area contributed by atoms with E-state index in [4.69, 9.17) is 9.47 Å². The normalized spacial score (nSPS) is 10.2. The molecule has 21 heavy (non-hydrogen) atoms. The minimum absolute atomic E-state index is 0.105. The molecule has 1 aromatic heterocycles. The molecule has 110 valence electrons. The van der Waals surface area contributed by atoms with Gasteiger partial charge in [-0.05, 0) is 13.8 Å². The topological polar surface area (TPSA) is 52.6 Å². The Morgan fingerprint density at radius 1 is 1.19 bits per heavy atom. The van der Waals surface area contributed by atoms with Crippen molar-refractivity contribution in [1.29, 1.82) is 0 Å². The zero-order valence-corrected chi connectivity index (χ0v) is 12.7. The summed E-state index contributed by atoms with van der Waals surface area (Å²) < 4.78 is 10.5. The summed E-state index contributed by atoms with van der Waals surface area (Å²) in [5.41, 5.74) is 0.991. The molecule has 0 unspecified atom stereocenters. The largest absolute Gasteiger partial charge is 0.484 e. The molecule has 1 aromatic carbocycles. The molecule has 0 aliphatic heterocycles. The number of ketones is 1. The maximum atomic E-state index is 12.0. The number of thiophene rings is 1. The molecular formula is C16H16O4S. The van der Waals surface area contributed by atoms with Crippen molar-refractivity contribution in [2.75, 3.05) is 13.2 Å². The summed E-state index contributed by atoms with van der Waals surface area (Å²) in [6.45, 7) is 3.77. The number of benzene rings is 1. The van der Waals surface area contributed by atoms with E-state index < -0.39 is 5.97 Å². The monoisotopic (exact) mass is 304 g/mol. The molecule has 4 nitrogen and oxygen atoms in total. The number of Topliss-reactive ketones (excluding diaryl/α,β-unsaturated/α-hetero) is 1. The Bertz CT molecular complexity index is 631. The van der Waals surface area contributed by atoms with Gasteiger partial charge in [-0.15, -0.1) is 11.3 Å². The van der Waals surface area contributed by atoms with E-state index in [1.54, 1.807) is 36.6 Å². The van der Waals surface area contributed by atoms with Crippen LogP contribution in [0.25, 0.3) is 0 Å². The summed E-state index contributed by atoms with van der Waals surface area (Å²) in [6, 6.07) is 8.91. The number of esters is 1. The lowest BCUT2D eigenvalue weighted by atomic mass is 10.1. The van der Waals surface area contributed by atoms with Crippen LogP contribution in [-0.4, -0.2) is 25.0 Å². The van der Waals surface area contributed by atoms with Gasteiger partial charge in [0.15, 0.2) is 12.4 Å². The average molecular weight is 304 g/mol. The first-order valence-corrected chi connectivity index (χ1v) is 7.47. The van der Waals surface area contributed by atoms with Crippen molar-refractivity contribution in [3.63, 3.8) is 0 Å². The minimum Gasteiger partial charge on any atom is -0.484 e. The molecule has 0 radical (unpaired) electrons. The zero-order chi connectivity index (χ0) is 15.2. The number of carbonyl (C=O) groups is 2. The highest BCUT2D eigenvalue weighted by molar-refractivity contribution is 7.10. The van der Waals surface area contributed by atoms with Crippen LogP contribution in [0.15, 0.2) is 35.7 Å². The van der Waals surface area contributed by atoms with Crippen molar-refractivity contribution in [1.82, 2.24) is 0 Å². The Labute approximate surface area is 127 Å². The van der Waals surface area contributed by atoms with Gasteiger partial charge in [0.1, 0.15) is 11.3 Å². The Morgan fingerprint density at radius 2 is 1.90 bits per heavy atom. The summed E-state index contributed by atoms with van der Waals surface area (Å²) >= 11 is 1.40. The lowest BCUT2D eigenvalue weighted by Gasteiger charge is -2.07. The summed E-state index contributed by atoms with van der Waals surface area (Å²) in [6.07, 6.45) is 0. The third-order valence-electron chi connectivity index (χ3n) is 2.88. The lowest BCUT2D eigenvalue weighted by molar-refractivity contribution is 0.0520. The molecular weight excluding hydrogens is 288 g/mol. The second-order valence-corrected chi connectivity index (χ2v) is 5.41. The smallest absolute Gasteiger partial charge is 0.343 e. The van der Waals surface area contributed by atoms with Gasteiger partial charge in [0.25, 0.3) is 0 Å². The summed E-state index contributed by atoms with van der Waals surface area (Å²) in [7, 11) is 0. The summed E-state index contributed by atoms with van der Waals surface area (Å²) in [4.78, 5) is 24.7. The Kier molecular flexibility index (Phi) is 5.11. The van der Waals surface area contributed by atoms with E-state index in [0.717, 1.165) is 4.88 Å². The number of hydrogen-bond donors (Lipinski definition) is 0. The summed E-state index contributed by atoms with van der Waals surface area (Å²) in [5, 5.41) is 1.72. The van der Waals surface area contributed by atoms with Gasteiger partial charge in [-0.1, -0.05) is 30.3 Å². The van der Waals surface area contributed by atoms with Crippen LogP contribution in [0.4, 0.5) is 0 Å². The van der Waals surface area contributed by atoms with Crippen molar-refractivity contribution in [3.8, 4) is 5.75 Å². The molecule has 0 aliphatic carbocycles. The zero-order valence-electron chi connectivity index (χ0n) is 11.9. The van der Waals surface area contributed by atoms with Gasteiger partial charge in [-0.3, -0.25) is 4.79 Å². The van der Waals surface area contributed by atoms with Gasteiger partial charge in [-0.25, -0.2) is 4.79 Å². The van der Waals surface area contributed by atoms with Gasteiger partial charge in [0, 0.05) is 15.8 Å². The minimum atomic E-state index is -0.418. The highest BCUT2D eigenvalue weighted by Gasteiger charge is 2.20. The molecule has 5 heteroatoms. The average Bonchev–Trinajstić information content (AvgIpc) is 2.87. The van der Waals surface area contributed by atoms with Crippen LogP contribution < -0.4 is 4.74 Å². The third-order valence-corrected chi connectivity index (χ3v) is 3.76. The van der Waals surface area contributed by atoms with E-state index >= 15 is 0 Å². The van der Waals surface area contributed by atoms with Crippen LogP contribution in [0.1, 0.15) is 32.5 Å². The molecule has 2 aromatic rings. The van der Waals surface area contributed by atoms with Crippen molar-refractivity contribution in [3.05, 3.63) is 51.7 Å². The molecule has 0 bridgehead atoms. The van der Waals surface area contributed by atoms with Crippen LogP contribution in [0.2, 0.25) is 0 Å². The molecule has 0 N–H and O–H groups in total. The first kappa shape index (κ1) is 15.3. The summed E-state index contributed by atoms with van der Waals surface area (Å²) in [5.74, 6) is -0.145. The maximum Gasteiger partial charge on any atom is 0.343 e. The maximum absolute atomic E-state index is 12.0. The quantitative estimate of drug-likeness (QED) is 0.605. The van der Waals surface area contributed by atoms with E-state index in [1.807, 2.05) is 13.0 Å². The van der Waals surface area contributed by atoms with Crippen molar-refractivity contribution in [2.45, 2.75) is 13.8 Å². The predicted molar refractivity (Wildman–Crippen MR) is 81.3 cm³/mol. The molecule has 0 saturated carbocycles. The van der Waals surface area contributed by atoms with E-state index in [9.17, 15) is 9.59 Å². The van der Waals surface area contributed by atoms with Gasteiger partial charge in [0.2, 0.25) is 0 Å². The molecule has 0 atom stereocenters. The predicted octanol–water partition coefficient (Wildman–Crippen LogP) is 3.49. The van der Waals surface area contributed by atoms with E-state index in [1.165, 1.54) is 11.3 Å². The molecule has 0 spiro atoms. The first-order valence-electron chi connectivity index (χ1n) is 6.59. The van der Waals surface area contributed by atoms with E-state index in [-0.39, 0.29) is 12.4 Å². The highest BCUT2D eigenvalue weighted by atomic mass is 32.1. The second-order valence-electron chi connectivity index (χ2n) is 4.33. The number of hydrogen-bond acceptors (Lipinski definition) is 5. The van der Waals surface area contributed by atoms with Gasteiger partial charge >= 0.3 is 5.97 Å². The van der Waals surface area contributed by atoms with Crippen LogP contribution in [0.5, 0.6) is 5.75 Å². The fourth-order valence-corrected chi connectivity index (χ4v) is 2.61. The second kappa shape index (κ2) is 7.04. The molecule has 0 saturated heterocycles. The molecule has 0 amide bonds. The van der Waals surface area contributed by atoms with Crippen LogP contribution in [0, 0.1) is 6.92 Å².